The largest absolute Gasteiger partial charge is 0.369 e. The number of anilines is 3. The number of nitrogens with zero attached hydrogens (tertiary/aromatic N) is 4. The van der Waals surface area contributed by atoms with Crippen LogP contribution in [0.5, 0.6) is 0 Å². The highest BCUT2D eigenvalue weighted by Crippen LogP contribution is 2.32. The second-order valence-electron chi connectivity index (χ2n) is 7.90. The van der Waals surface area contributed by atoms with Gasteiger partial charge < -0.3 is 15.1 Å². The third kappa shape index (κ3) is 4.10. The van der Waals surface area contributed by atoms with E-state index in [2.05, 4.69) is 58.6 Å². The number of hydrogen-bond donors (Lipinski definition) is 1. The van der Waals surface area contributed by atoms with Crippen LogP contribution in [0.25, 0.3) is 0 Å². The number of nitrogens with one attached hydrogen (secondary N) is 1. The fourth-order valence-corrected chi connectivity index (χ4v) is 4.05. The van der Waals surface area contributed by atoms with Crippen molar-refractivity contribution < 1.29 is 0 Å². The fourth-order valence-electron chi connectivity index (χ4n) is 3.92. The second kappa shape index (κ2) is 8.02. The molecule has 6 heteroatoms. The van der Waals surface area contributed by atoms with E-state index in [-0.39, 0.29) is 0 Å². The molecule has 0 aliphatic carbocycles. The van der Waals surface area contributed by atoms with Crippen molar-refractivity contribution >= 4 is 28.8 Å². The van der Waals surface area contributed by atoms with Gasteiger partial charge in [-0.3, -0.25) is 4.90 Å². The second-order valence-corrected chi connectivity index (χ2v) is 8.34. The topological polar surface area (TPSA) is 34.6 Å². The predicted octanol–water partition coefficient (Wildman–Crippen LogP) is 4.21. The molecule has 2 aliphatic heterocycles. The molecule has 1 fully saturated rings. The molecule has 0 bridgehead atoms. The van der Waals surface area contributed by atoms with Crippen LogP contribution >= 0.6 is 11.6 Å². The molecule has 2 aromatic rings. The van der Waals surface area contributed by atoms with Gasteiger partial charge in [-0.1, -0.05) is 18.2 Å². The van der Waals surface area contributed by atoms with Crippen LogP contribution < -0.4 is 15.1 Å². The molecule has 0 spiro atoms. The first-order valence-corrected chi connectivity index (χ1v) is 10.3. The van der Waals surface area contributed by atoms with Gasteiger partial charge in [-0.15, -0.1) is 0 Å². The number of pyridine rings is 1. The average molecular weight is 398 g/mol. The Hall–Kier alpha value is -2.24. The highest BCUT2D eigenvalue weighted by Gasteiger charge is 2.23. The molecule has 0 radical (unpaired) electrons. The van der Waals surface area contributed by atoms with Gasteiger partial charge in [0.2, 0.25) is 0 Å². The minimum absolute atomic E-state index is 0.400. The summed E-state index contributed by atoms with van der Waals surface area (Å²) in [5.74, 6) is 1.03. The Kier molecular flexibility index (Phi) is 5.47. The van der Waals surface area contributed by atoms with Gasteiger partial charge in [0.1, 0.15) is 0 Å². The summed E-state index contributed by atoms with van der Waals surface area (Å²) < 4.78 is 0. The summed E-state index contributed by atoms with van der Waals surface area (Å²) in [7, 11) is 0. The van der Waals surface area contributed by atoms with Crippen LogP contribution in [0.15, 0.2) is 48.8 Å². The predicted molar refractivity (Wildman–Crippen MR) is 118 cm³/mol. The monoisotopic (exact) mass is 397 g/mol. The Bertz CT molecular complexity index is 841. The van der Waals surface area contributed by atoms with Crippen LogP contribution in [0, 0.1) is 0 Å². The maximum Gasteiger partial charge on any atom is 0.152 e. The minimum atomic E-state index is 0.400. The highest BCUT2D eigenvalue weighted by molar-refractivity contribution is 6.30. The third-order valence-corrected chi connectivity index (χ3v) is 5.71. The van der Waals surface area contributed by atoms with Gasteiger partial charge in [-0.05, 0) is 49.7 Å². The van der Waals surface area contributed by atoms with Gasteiger partial charge in [0, 0.05) is 61.4 Å². The SMILES string of the molecule is C=C1CN(C(C)C)c2ncc(CN3CCN(c4ccc(Cl)cc4)CC3)cc2N1. The number of fused-ring (bicyclic) bond motifs is 1. The lowest BCUT2D eigenvalue weighted by Gasteiger charge is -2.37. The molecule has 2 aliphatic rings. The summed E-state index contributed by atoms with van der Waals surface area (Å²) in [5.41, 5.74) is 4.58. The van der Waals surface area contributed by atoms with Crippen molar-refractivity contribution in [2.75, 3.05) is 47.8 Å². The van der Waals surface area contributed by atoms with Gasteiger partial charge in [-0.25, -0.2) is 4.98 Å². The van der Waals surface area contributed by atoms with E-state index in [1.54, 1.807) is 0 Å². The van der Waals surface area contributed by atoms with E-state index in [0.717, 1.165) is 61.5 Å². The molecule has 0 amide bonds. The first-order valence-electron chi connectivity index (χ1n) is 9.93. The van der Waals surface area contributed by atoms with Gasteiger partial charge in [0.25, 0.3) is 0 Å². The van der Waals surface area contributed by atoms with E-state index in [1.807, 2.05) is 18.3 Å². The average Bonchev–Trinajstić information content (AvgIpc) is 2.68. The summed E-state index contributed by atoms with van der Waals surface area (Å²) in [6, 6.07) is 10.8. The van der Waals surface area contributed by atoms with Gasteiger partial charge in [0.15, 0.2) is 5.82 Å². The quantitative estimate of drug-likeness (QED) is 0.835. The van der Waals surface area contributed by atoms with Crippen molar-refractivity contribution in [3.05, 3.63) is 59.4 Å². The van der Waals surface area contributed by atoms with Gasteiger partial charge in [0.05, 0.1) is 12.2 Å². The molecule has 1 aromatic carbocycles. The molecule has 0 saturated carbocycles. The van der Waals surface area contributed by atoms with Crippen LogP contribution in [0.2, 0.25) is 5.02 Å². The van der Waals surface area contributed by atoms with E-state index in [4.69, 9.17) is 16.6 Å². The fraction of sp³-hybridized carbons (Fsp3) is 0.409. The smallest absolute Gasteiger partial charge is 0.152 e. The zero-order valence-electron chi connectivity index (χ0n) is 16.7. The summed E-state index contributed by atoms with van der Waals surface area (Å²) >= 11 is 6.00. The summed E-state index contributed by atoms with van der Waals surface area (Å²) in [5, 5.41) is 4.21. The van der Waals surface area contributed by atoms with Crippen molar-refractivity contribution in [2.24, 2.45) is 0 Å². The lowest BCUT2D eigenvalue weighted by Crippen LogP contribution is -2.46. The maximum absolute atomic E-state index is 6.00. The van der Waals surface area contributed by atoms with Crippen LogP contribution in [-0.4, -0.2) is 48.6 Å². The molecule has 28 heavy (non-hydrogen) atoms. The summed E-state index contributed by atoms with van der Waals surface area (Å²) in [6.07, 6.45) is 2.02. The van der Waals surface area contributed by atoms with Crippen molar-refractivity contribution in [3.63, 3.8) is 0 Å². The first-order chi connectivity index (χ1) is 13.5. The molecule has 0 unspecified atom stereocenters. The normalized spacial score (nSPS) is 17.6. The summed E-state index contributed by atoms with van der Waals surface area (Å²) in [6.45, 7) is 14.4. The number of piperazine rings is 1. The molecular weight excluding hydrogens is 370 g/mol. The van der Waals surface area contributed by atoms with Crippen LogP contribution in [0.4, 0.5) is 17.2 Å². The molecule has 5 nitrogen and oxygen atoms in total. The lowest BCUT2D eigenvalue weighted by atomic mass is 10.1. The van der Waals surface area contributed by atoms with E-state index in [1.165, 1.54) is 11.3 Å². The Morgan fingerprint density at radius 3 is 2.54 bits per heavy atom. The van der Waals surface area contributed by atoms with Crippen molar-refractivity contribution in [2.45, 2.75) is 26.4 Å². The van der Waals surface area contributed by atoms with Crippen LogP contribution in [0.1, 0.15) is 19.4 Å². The molecule has 1 aromatic heterocycles. The number of rotatable bonds is 4. The van der Waals surface area contributed by atoms with Crippen LogP contribution in [0.3, 0.4) is 0 Å². The lowest BCUT2D eigenvalue weighted by molar-refractivity contribution is 0.249. The van der Waals surface area contributed by atoms with Gasteiger partial charge >= 0.3 is 0 Å². The molecule has 0 atom stereocenters. The summed E-state index contributed by atoms with van der Waals surface area (Å²) in [4.78, 5) is 12.0. The zero-order chi connectivity index (χ0) is 19.7. The standard InChI is InChI=1S/C22H28ClN5/c1-16(2)28-14-17(3)25-21-12-18(13-24-22(21)28)15-26-8-10-27(11-9-26)20-6-4-19(23)5-7-20/h4-7,12-13,16,25H,3,8-11,14-15H2,1-2H3. The van der Waals surface area contributed by atoms with Crippen molar-refractivity contribution in [1.29, 1.82) is 0 Å². The minimum Gasteiger partial charge on any atom is -0.369 e. The van der Waals surface area contributed by atoms with E-state index in [9.17, 15) is 0 Å². The van der Waals surface area contributed by atoms with Crippen molar-refractivity contribution in [1.82, 2.24) is 9.88 Å². The number of benzene rings is 1. The third-order valence-electron chi connectivity index (χ3n) is 5.46. The van der Waals surface area contributed by atoms with Crippen molar-refractivity contribution in [3.8, 4) is 0 Å². The molecule has 1 N–H and O–H groups in total. The highest BCUT2D eigenvalue weighted by atomic mass is 35.5. The molecule has 4 rings (SSSR count). The molecule has 148 valence electrons. The Balaban J connectivity index is 1.40. The molecule has 1 saturated heterocycles. The Morgan fingerprint density at radius 2 is 1.86 bits per heavy atom. The van der Waals surface area contributed by atoms with Crippen LogP contribution in [-0.2, 0) is 6.54 Å². The van der Waals surface area contributed by atoms with E-state index >= 15 is 0 Å². The first kappa shape index (κ1) is 19.1. The van der Waals surface area contributed by atoms with Gasteiger partial charge in [-0.2, -0.15) is 0 Å². The number of hydrogen-bond acceptors (Lipinski definition) is 5. The maximum atomic E-state index is 6.00. The molecular formula is C22H28ClN5. The number of halogens is 1. The Morgan fingerprint density at radius 1 is 1.14 bits per heavy atom. The molecule has 3 heterocycles. The van der Waals surface area contributed by atoms with E-state index < -0.39 is 0 Å². The van der Waals surface area contributed by atoms with E-state index in [0.29, 0.717) is 6.04 Å². The number of aromatic nitrogens is 1. The Labute approximate surface area is 172 Å². The zero-order valence-corrected chi connectivity index (χ0v) is 17.4.